The highest BCUT2D eigenvalue weighted by Gasteiger charge is 2.39. The lowest BCUT2D eigenvalue weighted by Gasteiger charge is -2.42. The fourth-order valence-corrected chi connectivity index (χ4v) is 4.23. The maximum Gasteiger partial charge on any atom is 0.240 e. The van der Waals surface area contributed by atoms with Gasteiger partial charge >= 0.3 is 0 Å². The Balaban J connectivity index is 1.79. The second-order valence-electron chi connectivity index (χ2n) is 6.12. The predicted molar refractivity (Wildman–Crippen MR) is 90.1 cm³/mol. The largest absolute Gasteiger partial charge is 0.494 e. The molecule has 1 aliphatic carbocycles. The summed E-state index contributed by atoms with van der Waals surface area (Å²) in [6.07, 6.45) is 2.96. The average Bonchev–Trinajstić information content (AvgIpc) is 2.54. The average molecular weight is 349 g/mol. The topological polar surface area (TPSA) is 55.4 Å². The Morgan fingerprint density at radius 1 is 1.17 bits per heavy atom. The van der Waals surface area contributed by atoms with Crippen LogP contribution in [0.5, 0.6) is 5.75 Å². The number of sulfonamides is 1. The van der Waals surface area contributed by atoms with Crippen LogP contribution in [0.3, 0.4) is 0 Å². The number of nitrogens with one attached hydrogen (secondary N) is 1. The second kappa shape index (κ2) is 6.53. The predicted octanol–water partition coefficient (Wildman–Crippen LogP) is 3.23. The first-order valence-electron chi connectivity index (χ1n) is 7.86. The third kappa shape index (κ3) is 3.16. The van der Waals surface area contributed by atoms with Crippen molar-refractivity contribution in [2.75, 3.05) is 13.7 Å². The van der Waals surface area contributed by atoms with Crippen LogP contribution >= 0.6 is 0 Å². The number of halogens is 1. The van der Waals surface area contributed by atoms with E-state index in [1.807, 2.05) is 30.3 Å². The molecule has 0 spiro atoms. The van der Waals surface area contributed by atoms with E-state index >= 15 is 0 Å². The van der Waals surface area contributed by atoms with Crippen molar-refractivity contribution in [3.63, 3.8) is 0 Å². The van der Waals surface area contributed by atoms with Crippen LogP contribution in [-0.2, 0) is 15.4 Å². The van der Waals surface area contributed by atoms with E-state index in [0.29, 0.717) is 6.54 Å². The van der Waals surface area contributed by atoms with Gasteiger partial charge in [-0.15, -0.1) is 0 Å². The molecule has 1 saturated carbocycles. The van der Waals surface area contributed by atoms with Crippen molar-refractivity contribution < 1.29 is 17.5 Å². The molecule has 0 unspecified atom stereocenters. The van der Waals surface area contributed by atoms with Gasteiger partial charge in [0.25, 0.3) is 0 Å². The molecule has 4 nitrogen and oxygen atoms in total. The zero-order valence-corrected chi connectivity index (χ0v) is 14.3. The van der Waals surface area contributed by atoms with E-state index in [4.69, 9.17) is 4.74 Å². The Labute approximate surface area is 141 Å². The number of methoxy groups -OCH3 is 1. The van der Waals surface area contributed by atoms with Crippen molar-refractivity contribution in [1.82, 2.24) is 4.72 Å². The summed E-state index contributed by atoms with van der Waals surface area (Å²) in [5.41, 5.74) is 0.971. The quantitative estimate of drug-likeness (QED) is 0.871. The third-order valence-electron chi connectivity index (χ3n) is 4.73. The van der Waals surface area contributed by atoms with Crippen LogP contribution < -0.4 is 9.46 Å². The molecule has 0 amide bonds. The Kier molecular flexibility index (Phi) is 4.60. The Morgan fingerprint density at radius 3 is 2.42 bits per heavy atom. The van der Waals surface area contributed by atoms with Gasteiger partial charge in [0.1, 0.15) is 0 Å². The molecule has 2 aromatic rings. The number of hydrogen-bond acceptors (Lipinski definition) is 3. The van der Waals surface area contributed by atoms with Crippen molar-refractivity contribution >= 4 is 10.0 Å². The van der Waals surface area contributed by atoms with Gasteiger partial charge in [-0.25, -0.2) is 17.5 Å². The van der Waals surface area contributed by atoms with Gasteiger partial charge in [0.15, 0.2) is 11.6 Å². The van der Waals surface area contributed by atoms with Crippen LogP contribution in [0.2, 0.25) is 0 Å². The summed E-state index contributed by atoms with van der Waals surface area (Å²) in [5, 5.41) is 0. The molecule has 0 radical (unpaired) electrons. The molecule has 0 saturated heterocycles. The molecular formula is C18H20FNO3S. The normalized spacial score (nSPS) is 16.4. The van der Waals surface area contributed by atoms with Crippen LogP contribution in [0.15, 0.2) is 53.4 Å². The fraction of sp³-hybridized carbons (Fsp3) is 0.333. The van der Waals surface area contributed by atoms with Crippen LogP contribution in [0.1, 0.15) is 24.8 Å². The lowest BCUT2D eigenvalue weighted by Crippen LogP contribution is -2.45. The standard InChI is InChI=1S/C18H20FNO3S/c1-23-17-9-8-15(12-16(17)19)24(21,22)20-13-18(10-5-11-18)14-6-3-2-4-7-14/h2-4,6-9,12,20H,5,10-11,13H2,1H3. The third-order valence-corrected chi connectivity index (χ3v) is 6.13. The first-order chi connectivity index (χ1) is 11.5. The minimum Gasteiger partial charge on any atom is -0.494 e. The zero-order valence-electron chi connectivity index (χ0n) is 13.5. The summed E-state index contributed by atoms with van der Waals surface area (Å²) in [4.78, 5) is -0.0941. The Hall–Kier alpha value is -1.92. The number of benzene rings is 2. The van der Waals surface area contributed by atoms with Crippen LogP contribution in [0.25, 0.3) is 0 Å². The van der Waals surface area contributed by atoms with Gasteiger partial charge < -0.3 is 4.74 Å². The SMILES string of the molecule is COc1ccc(S(=O)(=O)NCC2(c3ccccc3)CCC2)cc1F. The molecule has 3 rings (SSSR count). The van der Waals surface area contributed by atoms with Crippen molar-refractivity contribution in [3.8, 4) is 5.75 Å². The molecule has 1 fully saturated rings. The maximum atomic E-state index is 13.8. The molecule has 0 heterocycles. The first kappa shape index (κ1) is 16.9. The summed E-state index contributed by atoms with van der Waals surface area (Å²) in [5.74, 6) is -0.671. The number of rotatable bonds is 6. The van der Waals surface area contributed by atoms with Gasteiger partial charge in [-0.05, 0) is 36.6 Å². The molecule has 6 heteroatoms. The van der Waals surface area contributed by atoms with E-state index in [9.17, 15) is 12.8 Å². The van der Waals surface area contributed by atoms with Gasteiger partial charge in [0, 0.05) is 12.0 Å². The lowest BCUT2D eigenvalue weighted by atomic mass is 9.64. The highest BCUT2D eigenvalue weighted by atomic mass is 32.2. The van der Waals surface area contributed by atoms with Gasteiger partial charge in [-0.2, -0.15) is 0 Å². The smallest absolute Gasteiger partial charge is 0.240 e. The number of ether oxygens (including phenoxy) is 1. The van der Waals surface area contributed by atoms with E-state index in [0.717, 1.165) is 30.9 Å². The Bertz CT molecular complexity index is 817. The van der Waals surface area contributed by atoms with Crippen LogP contribution in [-0.4, -0.2) is 22.1 Å². The molecule has 0 aliphatic heterocycles. The molecule has 0 aromatic heterocycles. The molecular weight excluding hydrogens is 329 g/mol. The van der Waals surface area contributed by atoms with Crippen molar-refractivity contribution in [2.45, 2.75) is 29.6 Å². The van der Waals surface area contributed by atoms with E-state index in [2.05, 4.69) is 4.72 Å². The Morgan fingerprint density at radius 2 is 1.88 bits per heavy atom. The highest BCUT2D eigenvalue weighted by Crippen LogP contribution is 2.43. The summed E-state index contributed by atoms with van der Waals surface area (Å²) < 4.78 is 46.2. The molecule has 2 aromatic carbocycles. The van der Waals surface area contributed by atoms with Gasteiger partial charge in [0.2, 0.25) is 10.0 Å². The first-order valence-corrected chi connectivity index (χ1v) is 9.34. The molecule has 1 aliphatic rings. The number of hydrogen-bond donors (Lipinski definition) is 1. The van der Waals surface area contributed by atoms with E-state index in [1.54, 1.807) is 0 Å². The van der Waals surface area contributed by atoms with Crippen molar-refractivity contribution in [1.29, 1.82) is 0 Å². The highest BCUT2D eigenvalue weighted by molar-refractivity contribution is 7.89. The minimum atomic E-state index is -3.77. The minimum absolute atomic E-state index is 0.0219. The fourth-order valence-electron chi connectivity index (χ4n) is 3.09. The molecule has 1 N–H and O–H groups in total. The van der Waals surface area contributed by atoms with Crippen LogP contribution in [0.4, 0.5) is 4.39 Å². The van der Waals surface area contributed by atoms with E-state index in [1.165, 1.54) is 19.2 Å². The monoisotopic (exact) mass is 349 g/mol. The second-order valence-corrected chi connectivity index (χ2v) is 7.89. The van der Waals surface area contributed by atoms with E-state index < -0.39 is 15.8 Å². The maximum absolute atomic E-state index is 13.8. The van der Waals surface area contributed by atoms with Gasteiger partial charge in [-0.3, -0.25) is 0 Å². The molecule has 0 bridgehead atoms. The van der Waals surface area contributed by atoms with Crippen molar-refractivity contribution in [2.24, 2.45) is 0 Å². The van der Waals surface area contributed by atoms with Gasteiger partial charge in [-0.1, -0.05) is 36.8 Å². The van der Waals surface area contributed by atoms with Gasteiger partial charge in [0.05, 0.1) is 12.0 Å². The molecule has 128 valence electrons. The summed E-state index contributed by atoms with van der Waals surface area (Å²) in [7, 11) is -2.43. The van der Waals surface area contributed by atoms with Crippen LogP contribution in [0, 0.1) is 5.82 Å². The summed E-state index contributed by atoms with van der Waals surface area (Å²) in [6, 6.07) is 13.6. The van der Waals surface area contributed by atoms with Crippen molar-refractivity contribution in [3.05, 3.63) is 59.9 Å². The lowest BCUT2D eigenvalue weighted by molar-refractivity contribution is 0.245. The molecule has 0 atom stereocenters. The molecule has 24 heavy (non-hydrogen) atoms. The summed E-state index contributed by atoms with van der Waals surface area (Å²) in [6.45, 7) is 0.312. The summed E-state index contributed by atoms with van der Waals surface area (Å²) >= 11 is 0. The zero-order chi connectivity index (χ0) is 17.2. The van der Waals surface area contributed by atoms with E-state index in [-0.39, 0.29) is 16.1 Å².